The smallest absolute Gasteiger partial charge is 0.542 e. The van der Waals surface area contributed by atoms with E-state index in [1.807, 2.05) is 0 Å². The van der Waals surface area contributed by atoms with E-state index in [-0.39, 0.29) is 29.6 Å². The predicted octanol–water partition coefficient (Wildman–Crippen LogP) is -2.62. The van der Waals surface area contributed by atoms with E-state index in [2.05, 4.69) is 4.98 Å². The van der Waals surface area contributed by atoms with Crippen molar-refractivity contribution in [3.05, 3.63) is 16.1 Å². The quantitative estimate of drug-likeness (QED) is 0.557. The Kier molecular flexibility index (Phi) is 4.71. The number of hydrogen-bond acceptors (Lipinski definition) is 5. The van der Waals surface area contributed by atoms with Crippen LogP contribution in [0.4, 0.5) is 8.78 Å². The Bertz CT molecular complexity index is 509. The van der Waals surface area contributed by atoms with E-state index in [4.69, 9.17) is 0 Å². The molecule has 2 rings (SSSR count). The number of carboxylic acid groups (broad SMARTS) is 1. The van der Waals surface area contributed by atoms with E-state index in [0.717, 1.165) is 16.2 Å². The minimum absolute atomic E-state index is 0. The van der Waals surface area contributed by atoms with Crippen molar-refractivity contribution in [3.8, 4) is 0 Å². The zero-order chi connectivity index (χ0) is 13.5. The van der Waals surface area contributed by atoms with Crippen LogP contribution in [-0.4, -0.2) is 40.3 Å². The number of hydrogen-bond donors (Lipinski definition) is 0. The molecule has 5 nitrogen and oxygen atoms in total. The Morgan fingerprint density at radius 2 is 2.21 bits per heavy atom. The summed E-state index contributed by atoms with van der Waals surface area (Å²) >= 11 is 0.738. The zero-order valence-electron chi connectivity index (χ0n) is 10.4. The van der Waals surface area contributed by atoms with Crippen LogP contribution < -0.4 is 24.0 Å². The van der Waals surface area contributed by atoms with Crippen LogP contribution >= 0.6 is 11.3 Å². The molecule has 19 heavy (non-hydrogen) atoms. The second kappa shape index (κ2) is 5.57. The maximum absolute atomic E-state index is 13.1. The fourth-order valence-corrected chi connectivity index (χ4v) is 2.52. The SMILES string of the molecule is C[C@H]1CC(F)(F)CN1C(=O)c1csc(C(=O)[O-])n1.[Li+]. The molecular formula is C10H9F2LiN2O3S. The van der Waals surface area contributed by atoms with Crippen molar-refractivity contribution in [2.24, 2.45) is 0 Å². The van der Waals surface area contributed by atoms with E-state index in [0.29, 0.717) is 0 Å². The topological polar surface area (TPSA) is 73.3 Å². The van der Waals surface area contributed by atoms with Crippen molar-refractivity contribution in [1.82, 2.24) is 9.88 Å². The van der Waals surface area contributed by atoms with Gasteiger partial charge in [0.05, 0.1) is 6.54 Å². The van der Waals surface area contributed by atoms with E-state index < -0.39 is 36.8 Å². The average molecular weight is 282 g/mol. The molecule has 9 heteroatoms. The van der Waals surface area contributed by atoms with Crippen LogP contribution in [0.5, 0.6) is 0 Å². The summed E-state index contributed by atoms with van der Waals surface area (Å²) < 4.78 is 26.3. The molecule has 98 valence electrons. The molecule has 0 bridgehead atoms. The summed E-state index contributed by atoms with van der Waals surface area (Å²) in [6, 6.07) is -0.597. The molecule has 0 radical (unpaired) electrons. The molecule has 0 N–H and O–H groups in total. The number of aromatic carboxylic acids is 1. The monoisotopic (exact) mass is 282 g/mol. The van der Waals surface area contributed by atoms with Gasteiger partial charge in [0.25, 0.3) is 11.8 Å². The second-order valence-electron chi connectivity index (χ2n) is 4.17. The minimum Gasteiger partial charge on any atom is -0.542 e. The fourth-order valence-electron chi connectivity index (χ4n) is 1.90. The summed E-state index contributed by atoms with van der Waals surface area (Å²) in [7, 11) is 0. The van der Waals surface area contributed by atoms with Crippen LogP contribution in [0, 0.1) is 0 Å². The van der Waals surface area contributed by atoms with Crippen LogP contribution in [0.3, 0.4) is 0 Å². The first-order valence-corrected chi connectivity index (χ1v) is 6.04. The van der Waals surface area contributed by atoms with Gasteiger partial charge >= 0.3 is 18.9 Å². The first-order chi connectivity index (χ1) is 8.30. The van der Waals surface area contributed by atoms with Gasteiger partial charge in [-0.05, 0) is 6.92 Å². The Hall–Kier alpha value is -0.973. The number of alkyl halides is 2. The number of nitrogens with zero attached hydrogens (tertiary/aromatic N) is 2. The molecule has 0 spiro atoms. The number of halogens is 2. The molecule has 1 aliphatic heterocycles. The van der Waals surface area contributed by atoms with Gasteiger partial charge in [0.15, 0.2) is 0 Å². The van der Waals surface area contributed by atoms with Crippen LogP contribution in [0.25, 0.3) is 0 Å². The number of carbonyl (C=O) groups excluding carboxylic acids is 2. The van der Waals surface area contributed by atoms with Gasteiger partial charge in [-0.2, -0.15) is 0 Å². The number of carboxylic acids is 1. The van der Waals surface area contributed by atoms with Crippen LogP contribution in [-0.2, 0) is 0 Å². The van der Waals surface area contributed by atoms with E-state index in [1.165, 1.54) is 12.3 Å². The summed E-state index contributed by atoms with van der Waals surface area (Å²) in [5.74, 6) is -5.07. The van der Waals surface area contributed by atoms with Gasteiger partial charge in [0, 0.05) is 17.8 Å². The first-order valence-electron chi connectivity index (χ1n) is 5.16. The molecule has 1 atom stereocenters. The second-order valence-corrected chi connectivity index (χ2v) is 5.03. The normalized spacial score (nSPS) is 21.0. The fraction of sp³-hybridized carbons (Fsp3) is 0.500. The summed E-state index contributed by atoms with van der Waals surface area (Å²) in [4.78, 5) is 27.0. The van der Waals surface area contributed by atoms with E-state index in [1.54, 1.807) is 0 Å². The average Bonchev–Trinajstić information content (AvgIpc) is 2.81. The van der Waals surface area contributed by atoms with E-state index >= 15 is 0 Å². The molecule has 0 aliphatic carbocycles. The van der Waals surface area contributed by atoms with Gasteiger partial charge in [-0.3, -0.25) is 4.79 Å². The van der Waals surface area contributed by atoms with Crippen molar-refractivity contribution < 1.29 is 42.3 Å². The van der Waals surface area contributed by atoms with Crippen molar-refractivity contribution in [1.29, 1.82) is 0 Å². The molecule has 1 aromatic rings. The Labute approximate surface area is 123 Å². The summed E-state index contributed by atoms with van der Waals surface area (Å²) in [5, 5.41) is 11.4. The largest absolute Gasteiger partial charge is 1.00 e. The van der Waals surface area contributed by atoms with Gasteiger partial charge in [0.1, 0.15) is 16.7 Å². The van der Waals surface area contributed by atoms with Crippen LogP contribution in [0.1, 0.15) is 33.6 Å². The van der Waals surface area contributed by atoms with E-state index in [9.17, 15) is 23.5 Å². The molecule has 1 fully saturated rings. The van der Waals surface area contributed by atoms with Crippen molar-refractivity contribution in [2.75, 3.05) is 6.54 Å². The van der Waals surface area contributed by atoms with Crippen molar-refractivity contribution in [2.45, 2.75) is 25.3 Å². The third kappa shape index (κ3) is 3.32. The van der Waals surface area contributed by atoms with Gasteiger partial charge in [-0.25, -0.2) is 13.8 Å². The van der Waals surface area contributed by atoms with Gasteiger partial charge in [-0.1, -0.05) is 0 Å². The third-order valence-electron chi connectivity index (χ3n) is 2.69. The van der Waals surface area contributed by atoms with Gasteiger partial charge < -0.3 is 14.8 Å². The Balaban J connectivity index is 0.00000180. The standard InChI is InChI=1S/C10H10F2N2O3S.Li/c1-5-2-10(11,12)4-14(5)8(15)6-3-18-7(13-6)9(16)17;/h3,5H,2,4H2,1H3,(H,16,17);/q;+1/p-1/t5-;/m0./s1. The number of rotatable bonds is 2. The molecule has 2 heterocycles. The predicted molar refractivity (Wildman–Crippen MR) is 56.5 cm³/mol. The van der Waals surface area contributed by atoms with Gasteiger partial charge in [0.2, 0.25) is 0 Å². The molecule has 1 saturated heterocycles. The van der Waals surface area contributed by atoms with Crippen molar-refractivity contribution >= 4 is 23.2 Å². The number of likely N-dealkylation sites (tertiary alicyclic amines) is 1. The molecular weight excluding hydrogens is 273 g/mol. The number of carbonyl (C=O) groups is 2. The zero-order valence-corrected chi connectivity index (χ0v) is 11.2. The molecule has 0 aromatic carbocycles. The summed E-state index contributed by atoms with van der Waals surface area (Å²) in [6.45, 7) is 0.857. The third-order valence-corrected chi connectivity index (χ3v) is 3.51. The molecule has 0 saturated carbocycles. The molecule has 1 aromatic heterocycles. The van der Waals surface area contributed by atoms with Crippen LogP contribution in [0.15, 0.2) is 5.38 Å². The number of thiazole rings is 1. The molecule has 1 aliphatic rings. The van der Waals surface area contributed by atoms with Gasteiger partial charge in [-0.15, -0.1) is 11.3 Å². The Morgan fingerprint density at radius 1 is 1.58 bits per heavy atom. The molecule has 0 unspecified atom stereocenters. The first kappa shape index (κ1) is 16.1. The minimum atomic E-state index is -2.90. The maximum Gasteiger partial charge on any atom is 1.00 e. The molecule has 1 amide bonds. The maximum atomic E-state index is 13.1. The summed E-state index contributed by atoms with van der Waals surface area (Å²) in [6.07, 6.45) is -0.393. The van der Waals surface area contributed by atoms with Crippen LogP contribution in [0.2, 0.25) is 0 Å². The number of amides is 1. The number of aromatic nitrogens is 1. The Morgan fingerprint density at radius 3 is 2.63 bits per heavy atom. The van der Waals surface area contributed by atoms with Crippen molar-refractivity contribution in [3.63, 3.8) is 0 Å². The summed E-state index contributed by atoms with van der Waals surface area (Å²) in [5.41, 5.74) is -0.135.